The van der Waals surface area contributed by atoms with E-state index in [1.165, 1.54) is 82.8 Å². The molecule has 46 heavy (non-hydrogen) atoms. The summed E-state index contributed by atoms with van der Waals surface area (Å²) in [5.41, 5.74) is 3.56. The highest BCUT2D eigenvalue weighted by Crippen LogP contribution is 2.34. The Labute approximate surface area is 276 Å². The van der Waals surface area contributed by atoms with Gasteiger partial charge in [-0.3, -0.25) is 9.59 Å². The summed E-state index contributed by atoms with van der Waals surface area (Å²) in [7, 11) is 0. The first-order valence-corrected chi connectivity index (χ1v) is 16.9. The SMILES string of the molecule is C=C(CCCC(CCC)CCCC)c1ccc(NC(C)=O)c(C)c1.CC(=O)Cc1cc(C(C)(F)F)cc(C(C)(F)F)c1.CCCC. The van der Waals surface area contributed by atoms with Gasteiger partial charge in [-0.05, 0) is 85.2 Å². The molecule has 0 aliphatic rings. The van der Waals surface area contributed by atoms with Crippen LogP contribution in [0.2, 0.25) is 0 Å². The first-order valence-electron chi connectivity index (χ1n) is 16.9. The molecule has 0 bridgehead atoms. The van der Waals surface area contributed by atoms with Crippen LogP contribution in [0.5, 0.6) is 0 Å². The molecular formula is C39H59F4NO2. The van der Waals surface area contributed by atoms with E-state index in [1.807, 2.05) is 13.0 Å². The standard InChI is InChI=1S/C22H35NO.C13H14F4O.C4H10/c1-6-8-12-20(10-7-2)13-9-11-17(3)21-14-15-22(18(4)16-21)23-19(5)24;1-8(18)4-9-5-10(12(2,14)15)7-11(6-9)13(3,16)17;1-3-4-2/h14-16,20H,3,6-13H2,1-2,4-5H3,(H,23,24);5-7H,4H2,1-3H3;3-4H2,1-2H3. The third-order valence-corrected chi connectivity index (χ3v) is 7.66. The predicted octanol–water partition coefficient (Wildman–Crippen LogP) is 12.6. The second-order valence-corrected chi connectivity index (χ2v) is 12.6. The maximum absolute atomic E-state index is 13.2. The van der Waals surface area contributed by atoms with Crippen molar-refractivity contribution in [2.24, 2.45) is 5.92 Å². The Morgan fingerprint density at radius 3 is 1.74 bits per heavy atom. The van der Waals surface area contributed by atoms with Crippen molar-refractivity contribution in [3.05, 3.63) is 70.8 Å². The molecule has 1 atom stereocenters. The summed E-state index contributed by atoms with van der Waals surface area (Å²) in [5.74, 6) is -5.85. The van der Waals surface area contributed by atoms with Crippen LogP contribution in [0.1, 0.15) is 147 Å². The zero-order valence-corrected chi connectivity index (χ0v) is 29.9. The van der Waals surface area contributed by atoms with Crippen LogP contribution < -0.4 is 5.32 Å². The van der Waals surface area contributed by atoms with Gasteiger partial charge in [-0.2, -0.15) is 0 Å². The van der Waals surface area contributed by atoms with Crippen LogP contribution in [0.4, 0.5) is 23.2 Å². The Balaban J connectivity index is 0.000000812. The third-order valence-electron chi connectivity index (χ3n) is 7.66. The molecule has 0 spiro atoms. The molecule has 0 aliphatic carbocycles. The van der Waals surface area contributed by atoms with Crippen LogP contribution in [0, 0.1) is 12.8 Å². The summed E-state index contributed by atoms with van der Waals surface area (Å²) in [4.78, 5) is 22.1. The first kappa shape index (κ1) is 43.0. The lowest BCUT2D eigenvalue weighted by Gasteiger charge is -2.17. The highest BCUT2D eigenvalue weighted by molar-refractivity contribution is 5.89. The summed E-state index contributed by atoms with van der Waals surface area (Å²) in [6.07, 6.45) is 12.8. The van der Waals surface area contributed by atoms with Crippen molar-refractivity contribution in [3.8, 4) is 0 Å². The smallest absolute Gasteiger partial charge is 0.270 e. The van der Waals surface area contributed by atoms with E-state index in [9.17, 15) is 27.2 Å². The minimum absolute atomic E-state index is 0.0290. The molecule has 2 aromatic rings. The van der Waals surface area contributed by atoms with Crippen molar-refractivity contribution in [2.45, 2.75) is 145 Å². The number of rotatable bonds is 16. The van der Waals surface area contributed by atoms with Gasteiger partial charge < -0.3 is 5.32 Å². The quantitative estimate of drug-likeness (QED) is 0.184. The van der Waals surface area contributed by atoms with Crippen molar-refractivity contribution in [1.29, 1.82) is 0 Å². The third kappa shape index (κ3) is 18.3. The van der Waals surface area contributed by atoms with Crippen LogP contribution in [-0.4, -0.2) is 11.7 Å². The van der Waals surface area contributed by atoms with Gasteiger partial charge >= 0.3 is 0 Å². The van der Waals surface area contributed by atoms with E-state index in [1.54, 1.807) is 0 Å². The lowest BCUT2D eigenvalue weighted by Crippen LogP contribution is -2.14. The number of unbranched alkanes of at least 4 members (excludes halogenated alkanes) is 2. The van der Waals surface area contributed by atoms with Crippen molar-refractivity contribution in [3.63, 3.8) is 0 Å². The lowest BCUT2D eigenvalue weighted by atomic mass is 9.90. The number of Topliss-reactive ketones (excluding diaryl/α,β-unsaturated/α-hetero) is 1. The number of carbonyl (C=O) groups is 2. The van der Waals surface area contributed by atoms with Gasteiger partial charge in [-0.1, -0.05) is 91.7 Å². The normalized spacial score (nSPS) is 11.8. The molecule has 3 nitrogen and oxygen atoms in total. The first-order chi connectivity index (χ1) is 21.4. The summed E-state index contributed by atoms with van der Waals surface area (Å²) >= 11 is 0. The molecule has 0 fully saturated rings. The molecule has 2 aromatic carbocycles. The fraction of sp³-hybridized carbons (Fsp3) is 0.590. The highest BCUT2D eigenvalue weighted by atomic mass is 19.3. The van der Waals surface area contributed by atoms with Crippen LogP contribution in [0.25, 0.3) is 5.57 Å². The van der Waals surface area contributed by atoms with Gasteiger partial charge in [0.1, 0.15) is 5.78 Å². The molecular weight excluding hydrogens is 590 g/mol. The fourth-order valence-corrected chi connectivity index (χ4v) is 4.88. The fourth-order valence-electron chi connectivity index (χ4n) is 4.88. The van der Waals surface area contributed by atoms with Gasteiger partial charge in [-0.15, -0.1) is 0 Å². The molecule has 1 amide bonds. The van der Waals surface area contributed by atoms with Crippen molar-refractivity contribution in [2.75, 3.05) is 5.32 Å². The van der Waals surface area contributed by atoms with E-state index < -0.39 is 23.0 Å². The van der Waals surface area contributed by atoms with Gasteiger partial charge in [0, 0.05) is 44.0 Å². The lowest BCUT2D eigenvalue weighted by molar-refractivity contribution is -0.116. The van der Waals surface area contributed by atoms with E-state index in [4.69, 9.17) is 0 Å². The van der Waals surface area contributed by atoms with E-state index >= 15 is 0 Å². The number of ketones is 1. The number of carbonyl (C=O) groups excluding carboxylic acids is 2. The largest absolute Gasteiger partial charge is 0.326 e. The van der Waals surface area contributed by atoms with Crippen LogP contribution >= 0.6 is 0 Å². The average Bonchev–Trinajstić information content (AvgIpc) is 2.95. The Kier molecular flexibility index (Phi) is 20.4. The topological polar surface area (TPSA) is 46.2 Å². The minimum atomic E-state index is -3.22. The van der Waals surface area contributed by atoms with Crippen molar-refractivity contribution >= 4 is 23.0 Å². The number of amides is 1. The molecule has 0 saturated carbocycles. The number of nitrogens with one attached hydrogen (secondary N) is 1. The number of anilines is 1. The Hall–Kier alpha value is -2.96. The molecule has 260 valence electrons. The second-order valence-electron chi connectivity index (χ2n) is 12.6. The van der Waals surface area contributed by atoms with E-state index in [0.717, 1.165) is 41.8 Å². The maximum Gasteiger partial charge on any atom is 0.270 e. The Morgan fingerprint density at radius 1 is 0.783 bits per heavy atom. The Bertz CT molecular complexity index is 1180. The number of halogens is 4. The van der Waals surface area contributed by atoms with Gasteiger partial charge in [-0.25, -0.2) is 17.6 Å². The number of allylic oxidation sites excluding steroid dienone is 1. The highest BCUT2D eigenvalue weighted by Gasteiger charge is 2.30. The van der Waals surface area contributed by atoms with Gasteiger partial charge in [0.15, 0.2) is 0 Å². The van der Waals surface area contributed by atoms with Crippen molar-refractivity contribution < 1.29 is 27.2 Å². The van der Waals surface area contributed by atoms with Crippen LogP contribution in [0.3, 0.4) is 0 Å². The van der Waals surface area contributed by atoms with E-state index in [0.29, 0.717) is 13.8 Å². The second kappa shape index (κ2) is 21.8. The molecule has 0 aromatic heterocycles. The van der Waals surface area contributed by atoms with Gasteiger partial charge in [0.25, 0.3) is 11.8 Å². The summed E-state index contributed by atoms with van der Waals surface area (Å²) in [6.45, 7) is 19.3. The number of hydrogen-bond donors (Lipinski definition) is 1. The molecule has 0 saturated heterocycles. The van der Waals surface area contributed by atoms with E-state index in [2.05, 4.69) is 51.7 Å². The molecule has 1 N–H and O–H groups in total. The monoisotopic (exact) mass is 649 g/mol. The van der Waals surface area contributed by atoms with Gasteiger partial charge in [0.2, 0.25) is 5.91 Å². The summed E-state index contributed by atoms with van der Waals surface area (Å²) < 4.78 is 52.8. The molecule has 0 heterocycles. The number of benzene rings is 2. The minimum Gasteiger partial charge on any atom is -0.326 e. The Morgan fingerprint density at radius 2 is 1.33 bits per heavy atom. The van der Waals surface area contributed by atoms with Crippen LogP contribution in [0.15, 0.2) is 43.0 Å². The van der Waals surface area contributed by atoms with Gasteiger partial charge in [0.05, 0.1) is 0 Å². The molecule has 0 radical (unpaired) electrons. The van der Waals surface area contributed by atoms with Crippen molar-refractivity contribution in [1.82, 2.24) is 0 Å². The maximum atomic E-state index is 13.2. The van der Waals surface area contributed by atoms with Crippen LogP contribution in [-0.2, 0) is 27.9 Å². The zero-order chi connectivity index (χ0) is 35.5. The molecule has 2 rings (SSSR count). The number of hydrogen-bond acceptors (Lipinski definition) is 2. The average molecular weight is 650 g/mol. The molecule has 7 heteroatoms. The predicted molar refractivity (Wildman–Crippen MR) is 187 cm³/mol. The number of alkyl halides is 4. The van der Waals surface area contributed by atoms with E-state index in [-0.39, 0.29) is 23.7 Å². The molecule has 0 aliphatic heterocycles. The zero-order valence-electron chi connectivity index (χ0n) is 29.9. The summed E-state index contributed by atoms with van der Waals surface area (Å²) in [5, 5.41) is 2.86. The summed E-state index contributed by atoms with van der Waals surface area (Å²) in [6, 6.07) is 9.16. The molecule has 1 unspecified atom stereocenters. The number of aryl methyl sites for hydroxylation is 1.